The van der Waals surface area contributed by atoms with Gasteiger partial charge in [0.15, 0.2) is 0 Å². The number of piperidine rings is 1. The summed E-state index contributed by atoms with van der Waals surface area (Å²) in [6.07, 6.45) is 5.75. The first-order valence-electron chi connectivity index (χ1n) is 7.42. The third-order valence-electron chi connectivity index (χ3n) is 4.01. The van der Waals surface area contributed by atoms with Crippen LogP contribution in [0.2, 0.25) is 0 Å². The number of carbonyl (C=O) groups is 1. The van der Waals surface area contributed by atoms with Crippen molar-refractivity contribution < 1.29 is 14.3 Å². The lowest BCUT2D eigenvalue weighted by atomic mass is 9.94. The molecule has 3 nitrogen and oxygen atoms in total. The average Bonchev–Trinajstić information content (AvgIpc) is 2.47. The molecule has 21 heavy (non-hydrogen) atoms. The number of carbonyl (C=O) groups excluding carboxylic acids is 1. The lowest BCUT2D eigenvalue weighted by molar-refractivity contribution is -0.135. The average molecular weight is 291 g/mol. The minimum atomic E-state index is -0.279. The predicted molar refractivity (Wildman–Crippen MR) is 81.0 cm³/mol. The van der Waals surface area contributed by atoms with Crippen LogP contribution in [-0.4, -0.2) is 35.1 Å². The van der Waals surface area contributed by atoms with E-state index in [4.69, 9.17) is 0 Å². The van der Waals surface area contributed by atoms with Gasteiger partial charge in [0.1, 0.15) is 5.82 Å². The third-order valence-corrected chi connectivity index (χ3v) is 4.01. The predicted octanol–water partition coefficient (Wildman–Crippen LogP) is 2.85. The van der Waals surface area contributed by atoms with Crippen LogP contribution in [0.1, 0.15) is 31.7 Å². The molecule has 2 rings (SSSR count). The van der Waals surface area contributed by atoms with E-state index in [0.29, 0.717) is 13.0 Å². The molecule has 1 aromatic rings. The van der Waals surface area contributed by atoms with Gasteiger partial charge in [-0.2, -0.15) is 0 Å². The van der Waals surface area contributed by atoms with Gasteiger partial charge >= 0.3 is 0 Å². The van der Waals surface area contributed by atoms with Crippen LogP contribution < -0.4 is 0 Å². The van der Waals surface area contributed by atoms with Gasteiger partial charge in [0.25, 0.3) is 0 Å². The number of aliphatic hydroxyl groups excluding tert-OH is 1. The normalized spacial score (nSPS) is 22.7. The highest BCUT2D eigenvalue weighted by Gasteiger charge is 2.27. The molecular formula is C17H22FNO2. The van der Waals surface area contributed by atoms with Crippen molar-refractivity contribution in [3.8, 4) is 0 Å². The summed E-state index contributed by atoms with van der Waals surface area (Å²) in [7, 11) is 0. The van der Waals surface area contributed by atoms with E-state index in [-0.39, 0.29) is 30.3 Å². The first-order valence-corrected chi connectivity index (χ1v) is 7.42. The van der Waals surface area contributed by atoms with Crippen LogP contribution in [0.25, 0.3) is 6.08 Å². The van der Waals surface area contributed by atoms with Gasteiger partial charge in [-0.1, -0.05) is 24.3 Å². The van der Waals surface area contributed by atoms with Crippen molar-refractivity contribution in [2.24, 2.45) is 5.92 Å². The molecule has 1 fully saturated rings. The van der Waals surface area contributed by atoms with E-state index in [1.54, 1.807) is 24.3 Å². The highest BCUT2D eigenvalue weighted by atomic mass is 19.1. The topological polar surface area (TPSA) is 40.5 Å². The molecule has 1 heterocycles. The highest BCUT2D eigenvalue weighted by molar-refractivity contribution is 5.79. The fourth-order valence-corrected chi connectivity index (χ4v) is 2.70. The third kappa shape index (κ3) is 4.39. The van der Waals surface area contributed by atoms with Gasteiger partial charge in [-0.25, -0.2) is 4.39 Å². The molecule has 114 valence electrons. The number of halogens is 1. The van der Waals surface area contributed by atoms with E-state index < -0.39 is 0 Å². The van der Waals surface area contributed by atoms with Crippen molar-refractivity contribution >= 4 is 12.0 Å². The van der Waals surface area contributed by atoms with Crippen molar-refractivity contribution in [3.05, 3.63) is 41.7 Å². The Labute approximate surface area is 125 Å². The molecule has 1 aliphatic rings. The van der Waals surface area contributed by atoms with Crippen LogP contribution in [0.3, 0.4) is 0 Å². The lowest BCUT2D eigenvalue weighted by Crippen LogP contribution is -2.46. The molecule has 0 bridgehead atoms. The summed E-state index contributed by atoms with van der Waals surface area (Å²) in [5.41, 5.74) is 0.753. The maximum Gasteiger partial charge on any atom is 0.226 e. The zero-order valence-electron chi connectivity index (χ0n) is 12.3. The van der Waals surface area contributed by atoms with E-state index in [9.17, 15) is 14.3 Å². The Morgan fingerprint density at radius 3 is 3.00 bits per heavy atom. The monoisotopic (exact) mass is 291 g/mol. The van der Waals surface area contributed by atoms with Gasteiger partial charge < -0.3 is 10.0 Å². The Balaban J connectivity index is 1.91. The first kappa shape index (κ1) is 15.7. The summed E-state index contributed by atoms with van der Waals surface area (Å²) >= 11 is 0. The number of benzene rings is 1. The standard InChI is InChI=1S/C17H22FNO2/c1-13-8-9-15(12-20)11-19(13)17(21)7-3-5-14-4-2-6-16(18)10-14/h2-6,10,13,15,20H,7-9,11-12H2,1H3/b5-3+. The number of nitrogens with zero attached hydrogens (tertiary/aromatic N) is 1. The molecule has 1 amide bonds. The molecule has 0 spiro atoms. The minimum absolute atomic E-state index is 0.0632. The highest BCUT2D eigenvalue weighted by Crippen LogP contribution is 2.22. The van der Waals surface area contributed by atoms with Crippen molar-refractivity contribution in [2.75, 3.05) is 13.2 Å². The van der Waals surface area contributed by atoms with Crippen LogP contribution >= 0.6 is 0 Å². The molecule has 2 unspecified atom stereocenters. The zero-order chi connectivity index (χ0) is 15.2. The SMILES string of the molecule is CC1CCC(CO)CN1C(=O)C/C=C/c1cccc(F)c1. The molecular weight excluding hydrogens is 269 g/mol. The Kier molecular flexibility index (Phi) is 5.51. The smallest absolute Gasteiger partial charge is 0.226 e. The van der Waals surface area contributed by atoms with Crippen LogP contribution in [0, 0.1) is 11.7 Å². The Morgan fingerprint density at radius 1 is 1.48 bits per heavy atom. The van der Waals surface area contributed by atoms with Gasteiger partial charge in [-0.15, -0.1) is 0 Å². The molecule has 0 aliphatic carbocycles. The largest absolute Gasteiger partial charge is 0.396 e. The number of hydrogen-bond acceptors (Lipinski definition) is 2. The van der Waals surface area contributed by atoms with Crippen molar-refractivity contribution in [2.45, 2.75) is 32.2 Å². The quantitative estimate of drug-likeness (QED) is 0.926. The minimum Gasteiger partial charge on any atom is -0.396 e. The zero-order valence-corrected chi connectivity index (χ0v) is 12.3. The van der Waals surface area contributed by atoms with Crippen molar-refractivity contribution in [3.63, 3.8) is 0 Å². The summed E-state index contributed by atoms with van der Waals surface area (Å²) in [6, 6.07) is 6.51. The van der Waals surface area contributed by atoms with Gasteiger partial charge in [-0.05, 0) is 43.4 Å². The van der Waals surface area contributed by atoms with E-state index >= 15 is 0 Å². The van der Waals surface area contributed by atoms with Gasteiger partial charge in [-0.3, -0.25) is 4.79 Å². The molecule has 1 aromatic carbocycles. The molecule has 0 saturated carbocycles. The second-order valence-corrected chi connectivity index (χ2v) is 5.68. The summed E-state index contributed by atoms with van der Waals surface area (Å²) in [6.45, 7) is 2.81. The molecule has 1 saturated heterocycles. The van der Waals surface area contributed by atoms with Gasteiger partial charge in [0, 0.05) is 25.6 Å². The van der Waals surface area contributed by atoms with Gasteiger partial charge in [0.05, 0.1) is 0 Å². The fraction of sp³-hybridized carbons (Fsp3) is 0.471. The van der Waals surface area contributed by atoms with Crippen molar-refractivity contribution in [1.29, 1.82) is 0 Å². The van der Waals surface area contributed by atoms with E-state index in [2.05, 4.69) is 0 Å². The molecule has 1 N–H and O–H groups in total. The Hall–Kier alpha value is -1.68. The van der Waals surface area contributed by atoms with Crippen molar-refractivity contribution in [1.82, 2.24) is 4.90 Å². The Morgan fingerprint density at radius 2 is 2.29 bits per heavy atom. The summed E-state index contributed by atoms with van der Waals surface area (Å²) in [5.74, 6) is -0.0235. The number of hydrogen-bond donors (Lipinski definition) is 1. The fourth-order valence-electron chi connectivity index (χ4n) is 2.70. The van der Waals surface area contributed by atoms with E-state index in [1.165, 1.54) is 12.1 Å². The number of amides is 1. The molecule has 4 heteroatoms. The molecule has 0 aromatic heterocycles. The summed E-state index contributed by atoms with van der Waals surface area (Å²) < 4.78 is 13.0. The lowest BCUT2D eigenvalue weighted by Gasteiger charge is -2.37. The molecule has 0 radical (unpaired) electrons. The second-order valence-electron chi connectivity index (χ2n) is 5.68. The van der Waals surface area contributed by atoms with Crippen LogP contribution in [0.15, 0.2) is 30.3 Å². The van der Waals surface area contributed by atoms with Crippen LogP contribution in [0.4, 0.5) is 4.39 Å². The maximum absolute atomic E-state index is 13.0. The summed E-state index contributed by atoms with van der Waals surface area (Å²) in [5, 5.41) is 9.24. The molecule has 1 aliphatic heterocycles. The Bertz CT molecular complexity index is 515. The van der Waals surface area contributed by atoms with Crippen LogP contribution in [0.5, 0.6) is 0 Å². The number of aliphatic hydroxyl groups is 1. The maximum atomic E-state index is 13.0. The van der Waals surface area contributed by atoms with Crippen LogP contribution in [-0.2, 0) is 4.79 Å². The van der Waals surface area contributed by atoms with E-state index in [1.807, 2.05) is 11.8 Å². The first-order chi connectivity index (χ1) is 10.1. The van der Waals surface area contributed by atoms with Gasteiger partial charge in [0.2, 0.25) is 5.91 Å². The second kappa shape index (κ2) is 7.36. The molecule has 2 atom stereocenters. The number of likely N-dealkylation sites (tertiary alicyclic amines) is 1. The number of rotatable bonds is 4. The summed E-state index contributed by atoms with van der Waals surface area (Å²) in [4.78, 5) is 14.1. The van der Waals surface area contributed by atoms with E-state index in [0.717, 1.165) is 18.4 Å².